The Morgan fingerprint density at radius 1 is 1.41 bits per heavy atom. The average Bonchev–Trinajstić information content (AvgIpc) is 2.27. The van der Waals surface area contributed by atoms with Crippen LogP contribution >= 0.6 is 28.4 Å². The Hall–Kier alpha value is -0.800. The summed E-state index contributed by atoms with van der Waals surface area (Å²) in [6.07, 6.45) is -2.99. The third-order valence-corrected chi connectivity index (χ3v) is 2.91. The molecule has 1 rings (SSSR count). The molecule has 2 nitrogen and oxygen atoms in total. The van der Waals surface area contributed by atoms with Crippen molar-refractivity contribution >= 4 is 40.3 Å². The maximum Gasteiger partial charge on any atom is 0.458 e. The fourth-order valence-electron chi connectivity index (χ4n) is 1.07. The van der Waals surface area contributed by atoms with Gasteiger partial charge in [-0.3, -0.25) is 0 Å². The lowest BCUT2D eigenvalue weighted by atomic mass is 10.1. The van der Waals surface area contributed by atoms with E-state index in [4.69, 9.17) is 5.41 Å². The van der Waals surface area contributed by atoms with Crippen molar-refractivity contribution in [2.24, 2.45) is 0 Å². The molecule has 0 saturated heterocycles. The van der Waals surface area contributed by atoms with Crippen LogP contribution in [0.25, 0.3) is 0 Å². The van der Waals surface area contributed by atoms with Crippen LogP contribution in [0.5, 0.6) is 0 Å². The second-order valence-electron chi connectivity index (χ2n) is 2.91. The average molecular weight is 370 g/mol. The summed E-state index contributed by atoms with van der Waals surface area (Å²) >= 11 is 2.12. The molecule has 0 aromatic heterocycles. The Bertz CT molecular complexity index is 477. The fraction of sp³-hybridized carbons (Fsp3) is 0.100. The van der Waals surface area contributed by atoms with Crippen LogP contribution in [0, 0.1) is 17.3 Å². The van der Waals surface area contributed by atoms with Gasteiger partial charge in [-0.15, -0.1) is 0 Å². The van der Waals surface area contributed by atoms with E-state index in [9.17, 15) is 13.2 Å². The van der Waals surface area contributed by atoms with Gasteiger partial charge in [0.2, 0.25) is 0 Å². The van der Waals surface area contributed by atoms with E-state index in [1.54, 1.807) is 6.07 Å². The molecule has 0 radical (unpaired) electrons. The minimum absolute atomic E-state index is 0.239. The summed E-state index contributed by atoms with van der Waals surface area (Å²) in [6, 6.07) is 4.56. The predicted molar refractivity (Wildman–Crippen MR) is 73.2 cm³/mol. The molecule has 90 valence electrons. The van der Waals surface area contributed by atoms with Gasteiger partial charge in [0, 0.05) is 35.3 Å². The maximum absolute atomic E-state index is 11.9. The van der Waals surface area contributed by atoms with Gasteiger partial charge >= 0.3 is 6.18 Å². The van der Waals surface area contributed by atoms with Gasteiger partial charge in [0.25, 0.3) is 0 Å². The zero-order valence-electron chi connectivity index (χ0n) is 8.32. The van der Waals surface area contributed by atoms with Gasteiger partial charge in [0.15, 0.2) is 0 Å². The van der Waals surface area contributed by atoms with Gasteiger partial charge in [-0.05, 0) is 40.2 Å². The minimum Gasteiger partial charge on any atom is -0.358 e. The molecule has 0 aliphatic rings. The third kappa shape index (κ3) is 4.92. The highest BCUT2D eigenvalue weighted by Gasteiger charge is 2.22. The number of benzene rings is 1. The first kappa shape index (κ1) is 14.3. The van der Waals surface area contributed by atoms with E-state index < -0.39 is 6.18 Å². The van der Waals surface area contributed by atoms with E-state index in [0.29, 0.717) is 17.6 Å². The molecule has 17 heavy (non-hydrogen) atoms. The second-order valence-corrected chi connectivity index (χ2v) is 4.97. The van der Waals surface area contributed by atoms with E-state index in [1.807, 2.05) is 5.92 Å². The van der Waals surface area contributed by atoms with E-state index in [1.165, 1.54) is 18.1 Å². The number of alkyl halides is 3. The molecule has 7 heteroatoms. The molecule has 2 N–H and O–H groups in total. The Balaban J connectivity index is 3.04. The smallest absolute Gasteiger partial charge is 0.358 e. The summed E-state index contributed by atoms with van der Waals surface area (Å²) in [6.45, 7) is 0. The fourth-order valence-corrected chi connectivity index (χ4v) is 2.27. The van der Waals surface area contributed by atoms with Crippen LogP contribution in [-0.2, 0) is 0 Å². The summed E-state index contributed by atoms with van der Waals surface area (Å²) in [7, 11) is 0. The second kappa shape index (κ2) is 6.22. The zero-order chi connectivity index (χ0) is 12.9. The van der Waals surface area contributed by atoms with Gasteiger partial charge in [-0.2, -0.15) is 13.2 Å². The Kier molecular flexibility index (Phi) is 5.22. The molecule has 0 aliphatic carbocycles. The minimum atomic E-state index is -4.49. The van der Waals surface area contributed by atoms with Gasteiger partial charge < -0.3 is 10.5 Å². The molecule has 1 unspecified atom stereocenters. The van der Waals surface area contributed by atoms with Crippen molar-refractivity contribution in [3.63, 3.8) is 0 Å². The molecular weight excluding hydrogens is 363 g/mol. The lowest BCUT2D eigenvalue weighted by Gasteiger charge is -2.06. The van der Waals surface area contributed by atoms with Crippen LogP contribution in [0.2, 0.25) is 0 Å². The van der Waals surface area contributed by atoms with E-state index in [0.717, 1.165) is 6.21 Å². The molecule has 1 atom stereocenters. The highest BCUT2D eigenvalue weighted by Crippen LogP contribution is 2.26. The summed E-state index contributed by atoms with van der Waals surface area (Å²) < 4.78 is 35.7. The quantitative estimate of drug-likeness (QED) is 0.360. The lowest BCUT2D eigenvalue weighted by Crippen LogP contribution is -2.01. The van der Waals surface area contributed by atoms with E-state index >= 15 is 0 Å². The third-order valence-electron chi connectivity index (χ3n) is 1.74. The number of anilines is 1. The molecule has 0 saturated carbocycles. The van der Waals surface area contributed by atoms with E-state index in [2.05, 4.69) is 27.1 Å². The van der Waals surface area contributed by atoms with Gasteiger partial charge in [0.1, 0.15) is 0 Å². The predicted octanol–water partition coefficient (Wildman–Crippen LogP) is 3.95. The summed E-state index contributed by atoms with van der Waals surface area (Å²) in [5.74, 6) is 3.22. The standard InChI is InChI=1S/C10H7F3IN2P/c11-10(12,13)4-3-7-1-2-9(16-17-14)8(5-7)6-15/h1-2,5-6,15-17H. The van der Waals surface area contributed by atoms with Crippen molar-refractivity contribution < 1.29 is 13.2 Å². The number of hydrogen-bond acceptors (Lipinski definition) is 2. The first-order valence-corrected chi connectivity index (χ1v) is 8.44. The summed E-state index contributed by atoms with van der Waals surface area (Å²) in [5.41, 5.74) is 1.47. The van der Waals surface area contributed by atoms with Crippen molar-refractivity contribution in [2.45, 2.75) is 6.18 Å². The molecule has 0 spiro atoms. The topological polar surface area (TPSA) is 35.9 Å². The Labute approximate surface area is 111 Å². The number of rotatable bonds is 3. The van der Waals surface area contributed by atoms with Gasteiger partial charge in [-0.1, -0.05) is 5.92 Å². The summed E-state index contributed by atoms with van der Waals surface area (Å²) in [4.78, 5) is 0. The van der Waals surface area contributed by atoms with Crippen LogP contribution in [-0.4, -0.2) is 12.4 Å². The van der Waals surface area contributed by atoms with Crippen LogP contribution in [0.4, 0.5) is 18.9 Å². The van der Waals surface area contributed by atoms with E-state index in [-0.39, 0.29) is 5.56 Å². The largest absolute Gasteiger partial charge is 0.458 e. The first-order valence-electron chi connectivity index (χ1n) is 4.32. The monoisotopic (exact) mass is 370 g/mol. The molecule has 0 amide bonds. The highest BCUT2D eigenvalue weighted by molar-refractivity contribution is 14.2. The number of halogens is 4. The van der Waals surface area contributed by atoms with Crippen molar-refractivity contribution in [1.29, 1.82) is 5.41 Å². The van der Waals surface area contributed by atoms with Crippen LogP contribution in [0.15, 0.2) is 18.2 Å². The van der Waals surface area contributed by atoms with Crippen molar-refractivity contribution in [3.05, 3.63) is 29.3 Å². The van der Waals surface area contributed by atoms with Crippen molar-refractivity contribution in [2.75, 3.05) is 5.09 Å². The van der Waals surface area contributed by atoms with Crippen molar-refractivity contribution in [1.82, 2.24) is 0 Å². The Morgan fingerprint density at radius 3 is 2.65 bits per heavy atom. The van der Waals surface area contributed by atoms with Crippen LogP contribution in [0.1, 0.15) is 11.1 Å². The van der Waals surface area contributed by atoms with Crippen molar-refractivity contribution in [3.8, 4) is 11.8 Å². The van der Waals surface area contributed by atoms with Gasteiger partial charge in [-0.25, -0.2) is 0 Å². The molecule has 0 fully saturated rings. The normalized spacial score (nSPS) is 11.1. The first-order chi connectivity index (χ1) is 7.96. The molecule has 1 aromatic carbocycles. The SMILES string of the molecule is N=Cc1cc(C#CC(F)(F)F)ccc1NPI. The van der Waals surface area contributed by atoms with Crippen LogP contribution in [0.3, 0.4) is 0 Å². The Morgan fingerprint density at radius 2 is 2.12 bits per heavy atom. The molecule has 1 aromatic rings. The zero-order valence-corrected chi connectivity index (χ0v) is 11.5. The highest BCUT2D eigenvalue weighted by atomic mass is 127. The van der Waals surface area contributed by atoms with Crippen LogP contribution < -0.4 is 5.09 Å². The molecule has 0 aliphatic heterocycles. The maximum atomic E-state index is 11.9. The molecule has 0 bridgehead atoms. The lowest BCUT2D eigenvalue weighted by molar-refractivity contribution is -0.0696. The van der Waals surface area contributed by atoms with Gasteiger partial charge in [0.05, 0.1) is 0 Å². The number of hydrogen-bond donors (Lipinski definition) is 2. The molecular formula is C10H7F3IN2P. The molecule has 0 heterocycles. The number of nitrogens with one attached hydrogen (secondary N) is 2. The summed E-state index contributed by atoms with van der Waals surface area (Å²) in [5, 5.41) is 10.2.